The third-order valence-corrected chi connectivity index (χ3v) is 7.90. The van der Waals surface area contributed by atoms with Gasteiger partial charge in [-0.25, -0.2) is 8.42 Å². The van der Waals surface area contributed by atoms with Gasteiger partial charge in [-0.05, 0) is 59.9 Å². The van der Waals surface area contributed by atoms with Gasteiger partial charge < -0.3 is 10.2 Å². The zero-order valence-electron chi connectivity index (χ0n) is 23.1. The van der Waals surface area contributed by atoms with E-state index in [1.807, 2.05) is 50.2 Å². The first-order chi connectivity index (χ1) is 18.8. The highest BCUT2D eigenvalue weighted by Gasteiger charge is 2.33. The molecule has 0 aliphatic rings. The minimum atomic E-state index is -3.87. The summed E-state index contributed by atoms with van der Waals surface area (Å²) >= 11 is 12.3. The van der Waals surface area contributed by atoms with Gasteiger partial charge in [0.25, 0.3) is 0 Å². The zero-order valence-corrected chi connectivity index (χ0v) is 25.4. The van der Waals surface area contributed by atoms with Crippen molar-refractivity contribution < 1.29 is 18.0 Å². The Kier molecular flexibility index (Phi) is 11.0. The van der Waals surface area contributed by atoms with Crippen molar-refractivity contribution in [1.29, 1.82) is 0 Å². The largest absolute Gasteiger partial charge is 0.354 e. The number of anilines is 1. The zero-order chi connectivity index (χ0) is 29.4. The maximum atomic E-state index is 14.1. The second kappa shape index (κ2) is 14.0. The second-order valence-electron chi connectivity index (χ2n) is 10.2. The number of hydrogen-bond acceptors (Lipinski definition) is 4. The summed E-state index contributed by atoms with van der Waals surface area (Å²) in [6.07, 6.45) is 1.29. The van der Waals surface area contributed by atoms with Gasteiger partial charge in [-0.15, -0.1) is 0 Å². The van der Waals surface area contributed by atoms with Crippen LogP contribution in [0.3, 0.4) is 0 Å². The summed E-state index contributed by atoms with van der Waals surface area (Å²) in [5, 5.41) is 3.90. The van der Waals surface area contributed by atoms with E-state index in [-0.39, 0.29) is 24.8 Å². The second-order valence-corrected chi connectivity index (χ2v) is 13.0. The average Bonchev–Trinajstić information content (AvgIpc) is 2.88. The molecular formula is C30H35Cl2N3O4S. The lowest BCUT2D eigenvalue weighted by Crippen LogP contribution is -2.53. The van der Waals surface area contributed by atoms with Crippen molar-refractivity contribution in [3.8, 4) is 0 Å². The summed E-state index contributed by atoms with van der Waals surface area (Å²) in [4.78, 5) is 29.2. The van der Waals surface area contributed by atoms with Crippen molar-refractivity contribution in [2.45, 2.75) is 39.8 Å². The van der Waals surface area contributed by atoms with E-state index in [9.17, 15) is 18.0 Å². The quantitative estimate of drug-likeness (QED) is 0.297. The van der Waals surface area contributed by atoms with E-state index in [0.29, 0.717) is 33.4 Å². The van der Waals surface area contributed by atoms with Crippen LogP contribution in [0.5, 0.6) is 0 Å². The van der Waals surface area contributed by atoms with Crippen LogP contribution in [0.1, 0.15) is 30.5 Å². The van der Waals surface area contributed by atoms with Gasteiger partial charge >= 0.3 is 0 Å². The Hall–Kier alpha value is -3.07. The number of carbonyl (C=O) groups excluding carboxylic acids is 2. The van der Waals surface area contributed by atoms with Crippen LogP contribution < -0.4 is 9.62 Å². The van der Waals surface area contributed by atoms with Gasteiger partial charge in [0.05, 0.1) is 11.9 Å². The van der Waals surface area contributed by atoms with Crippen molar-refractivity contribution in [1.82, 2.24) is 10.2 Å². The molecule has 7 nitrogen and oxygen atoms in total. The molecular weight excluding hydrogens is 569 g/mol. The first kappa shape index (κ1) is 31.5. The van der Waals surface area contributed by atoms with Crippen molar-refractivity contribution in [3.05, 3.63) is 99.5 Å². The van der Waals surface area contributed by atoms with Gasteiger partial charge in [0.15, 0.2) is 0 Å². The summed E-state index contributed by atoms with van der Waals surface area (Å²) in [6.45, 7) is 5.70. The molecule has 0 fully saturated rings. The van der Waals surface area contributed by atoms with Crippen LogP contribution in [-0.4, -0.2) is 50.5 Å². The molecule has 3 aromatic rings. The Labute approximate surface area is 247 Å². The molecule has 40 heavy (non-hydrogen) atoms. The number of carbonyl (C=O) groups is 2. The Morgan fingerprint density at radius 3 is 2.15 bits per heavy atom. The van der Waals surface area contributed by atoms with E-state index >= 15 is 0 Å². The smallest absolute Gasteiger partial charge is 0.244 e. The highest BCUT2D eigenvalue weighted by atomic mass is 35.5. The first-order valence-corrected chi connectivity index (χ1v) is 15.5. The maximum absolute atomic E-state index is 14.1. The van der Waals surface area contributed by atoms with E-state index < -0.39 is 28.5 Å². The third kappa shape index (κ3) is 8.98. The van der Waals surface area contributed by atoms with Crippen LogP contribution in [0, 0.1) is 12.8 Å². The minimum absolute atomic E-state index is 0.0587. The van der Waals surface area contributed by atoms with Crippen LogP contribution in [0.2, 0.25) is 10.0 Å². The number of sulfonamides is 1. The SMILES string of the molecule is Cc1cc(Cl)ccc1N(CC(=O)N(Cc1cccc(Cl)c1)C(Cc1ccccc1)C(=O)NCC(C)C)S(C)(=O)=O. The number of nitrogens with zero attached hydrogens (tertiary/aromatic N) is 2. The van der Waals surface area contributed by atoms with Gasteiger partial charge in [-0.1, -0.05) is 79.5 Å². The van der Waals surface area contributed by atoms with E-state index in [1.165, 1.54) is 4.90 Å². The number of halogens is 2. The molecule has 0 saturated heterocycles. The van der Waals surface area contributed by atoms with Crippen molar-refractivity contribution in [2.24, 2.45) is 5.92 Å². The predicted octanol–water partition coefficient (Wildman–Crippen LogP) is 5.48. The standard InChI is InChI=1S/C30H35Cl2N3O4S/c1-21(2)18-33-30(37)28(17-23-9-6-5-7-10-23)34(19-24-11-8-12-25(31)16-24)29(36)20-35(40(4,38)39)27-14-13-26(32)15-22(27)3/h5-16,21,28H,17-20H2,1-4H3,(H,33,37). The number of rotatable bonds is 12. The van der Waals surface area contributed by atoms with E-state index in [2.05, 4.69) is 5.32 Å². The Morgan fingerprint density at radius 1 is 0.900 bits per heavy atom. The van der Waals surface area contributed by atoms with Crippen LogP contribution in [-0.2, 0) is 32.6 Å². The van der Waals surface area contributed by atoms with Crippen LogP contribution >= 0.6 is 23.2 Å². The molecule has 1 N–H and O–H groups in total. The van der Waals surface area contributed by atoms with Crippen LogP contribution in [0.15, 0.2) is 72.8 Å². The molecule has 0 spiro atoms. The molecule has 0 bridgehead atoms. The Bertz CT molecular complexity index is 1430. The molecule has 3 rings (SSSR count). The summed E-state index contributed by atoms with van der Waals surface area (Å²) in [6, 6.07) is 20.3. The van der Waals surface area contributed by atoms with Gasteiger partial charge in [0, 0.05) is 29.6 Å². The normalized spacial score (nSPS) is 12.2. The van der Waals surface area contributed by atoms with Gasteiger partial charge in [0.2, 0.25) is 21.8 Å². The molecule has 1 unspecified atom stereocenters. The Balaban J connectivity index is 2.07. The first-order valence-electron chi connectivity index (χ1n) is 12.9. The molecule has 0 aliphatic carbocycles. The molecule has 0 radical (unpaired) electrons. The fourth-order valence-electron chi connectivity index (χ4n) is 4.30. The molecule has 0 heterocycles. The molecule has 10 heteroatoms. The summed E-state index contributed by atoms with van der Waals surface area (Å²) in [7, 11) is -3.87. The molecule has 1 atom stereocenters. The minimum Gasteiger partial charge on any atom is -0.354 e. The number of benzene rings is 3. The Morgan fingerprint density at radius 2 is 1.55 bits per heavy atom. The van der Waals surface area contributed by atoms with Crippen molar-refractivity contribution in [3.63, 3.8) is 0 Å². The van der Waals surface area contributed by atoms with Crippen molar-refractivity contribution in [2.75, 3.05) is 23.7 Å². The fourth-order valence-corrected chi connectivity index (χ4v) is 5.65. The number of aryl methyl sites for hydroxylation is 1. The number of amides is 2. The topological polar surface area (TPSA) is 86.8 Å². The molecule has 3 aromatic carbocycles. The molecule has 0 aromatic heterocycles. The lowest BCUT2D eigenvalue weighted by molar-refractivity contribution is -0.140. The summed E-state index contributed by atoms with van der Waals surface area (Å²) in [5.74, 6) is -0.645. The lowest BCUT2D eigenvalue weighted by Gasteiger charge is -2.34. The van der Waals surface area contributed by atoms with Gasteiger partial charge in [-0.2, -0.15) is 0 Å². The molecule has 0 aliphatic heterocycles. The van der Waals surface area contributed by atoms with E-state index in [1.54, 1.807) is 43.3 Å². The van der Waals surface area contributed by atoms with E-state index in [0.717, 1.165) is 16.1 Å². The molecule has 0 saturated carbocycles. The highest BCUT2D eigenvalue weighted by Crippen LogP contribution is 2.26. The van der Waals surface area contributed by atoms with Crippen LogP contribution in [0.4, 0.5) is 5.69 Å². The van der Waals surface area contributed by atoms with Gasteiger partial charge in [-0.3, -0.25) is 13.9 Å². The summed E-state index contributed by atoms with van der Waals surface area (Å²) in [5.41, 5.74) is 2.52. The fraction of sp³-hybridized carbons (Fsp3) is 0.333. The average molecular weight is 605 g/mol. The molecule has 214 valence electrons. The third-order valence-electron chi connectivity index (χ3n) is 6.30. The molecule has 2 amide bonds. The summed E-state index contributed by atoms with van der Waals surface area (Å²) < 4.78 is 26.9. The van der Waals surface area contributed by atoms with E-state index in [4.69, 9.17) is 23.2 Å². The van der Waals surface area contributed by atoms with Crippen LogP contribution in [0.25, 0.3) is 0 Å². The van der Waals surface area contributed by atoms with Crippen molar-refractivity contribution >= 4 is 50.7 Å². The predicted molar refractivity (Wildman–Crippen MR) is 162 cm³/mol. The maximum Gasteiger partial charge on any atom is 0.244 e. The monoisotopic (exact) mass is 603 g/mol. The van der Waals surface area contributed by atoms with Gasteiger partial charge in [0.1, 0.15) is 12.6 Å². The number of hydrogen-bond donors (Lipinski definition) is 1. The lowest BCUT2D eigenvalue weighted by atomic mass is 10.0. The highest BCUT2D eigenvalue weighted by molar-refractivity contribution is 7.92. The number of nitrogens with one attached hydrogen (secondary N) is 1.